The molecule has 0 aromatic heterocycles. The number of nitrogens with zero attached hydrogens (tertiary/aromatic N) is 1. The van der Waals surface area contributed by atoms with E-state index in [4.69, 9.17) is 0 Å². The Hall–Kier alpha value is -2.00. The molecule has 2 aromatic carbocycles. The summed E-state index contributed by atoms with van der Waals surface area (Å²) in [5, 5.41) is 12.8. The van der Waals surface area contributed by atoms with Gasteiger partial charge in [-0.3, -0.25) is 0 Å². The lowest BCUT2D eigenvalue weighted by Crippen LogP contribution is -2.14. The first-order valence-corrected chi connectivity index (χ1v) is 6.40. The fourth-order valence-electron chi connectivity index (χ4n) is 1.96. The van der Waals surface area contributed by atoms with E-state index < -0.39 is 0 Å². The zero-order valence-electron chi connectivity index (χ0n) is 11.4. The van der Waals surface area contributed by atoms with Gasteiger partial charge in [0.1, 0.15) is 5.75 Å². The fraction of sp³-hybridized carbons (Fsp3) is 0.250. The molecule has 2 N–H and O–H groups in total. The van der Waals surface area contributed by atoms with Crippen LogP contribution in [-0.4, -0.2) is 19.2 Å². The molecule has 0 aliphatic heterocycles. The lowest BCUT2D eigenvalue weighted by atomic mass is 10.1. The number of rotatable bonds is 5. The number of nitrogens with one attached hydrogen (secondary N) is 1. The van der Waals surface area contributed by atoms with Gasteiger partial charge in [0.05, 0.1) is 0 Å². The molecule has 0 saturated carbocycles. The van der Waals surface area contributed by atoms with Gasteiger partial charge in [0.15, 0.2) is 0 Å². The van der Waals surface area contributed by atoms with Crippen molar-refractivity contribution in [3.8, 4) is 5.75 Å². The van der Waals surface area contributed by atoms with Crippen molar-refractivity contribution < 1.29 is 5.11 Å². The SMILES string of the molecule is CN(C)c1cccc(CNCc2cccc(O)c2)c1. The second-order valence-electron chi connectivity index (χ2n) is 4.84. The van der Waals surface area contributed by atoms with E-state index in [9.17, 15) is 5.11 Å². The van der Waals surface area contributed by atoms with Gasteiger partial charge in [0, 0.05) is 32.9 Å². The van der Waals surface area contributed by atoms with Gasteiger partial charge in [0.25, 0.3) is 0 Å². The van der Waals surface area contributed by atoms with Crippen LogP contribution < -0.4 is 10.2 Å². The minimum absolute atomic E-state index is 0.314. The molecule has 100 valence electrons. The van der Waals surface area contributed by atoms with E-state index in [0.29, 0.717) is 5.75 Å². The van der Waals surface area contributed by atoms with E-state index in [0.717, 1.165) is 18.7 Å². The van der Waals surface area contributed by atoms with Crippen LogP contribution in [0.3, 0.4) is 0 Å². The molecule has 0 fully saturated rings. The van der Waals surface area contributed by atoms with Gasteiger partial charge >= 0.3 is 0 Å². The predicted octanol–water partition coefficient (Wildman–Crippen LogP) is 2.75. The molecule has 2 aromatic rings. The first-order valence-electron chi connectivity index (χ1n) is 6.40. The topological polar surface area (TPSA) is 35.5 Å². The van der Waals surface area contributed by atoms with E-state index in [1.807, 2.05) is 26.2 Å². The van der Waals surface area contributed by atoms with E-state index >= 15 is 0 Å². The lowest BCUT2D eigenvalue weighted by molar-refractivity contribution is 0.474. The highest BCUT2D eigenvalue weighted by Gasteiger charge is 1.98. The summed E-state index contributed by atoms with van der Waals surface area (Å²) in [6.45, 7) is 1.57. The molecule has 0 saturated heterocycles. The molecule has 2 rings (SSSR count). The summed E-state index contributed by atoms with van der Waals surface area (Å²) < 4.78 is 0. The number of hydrogen-bond acceptors (Lipinski definition) is 3. The van der Waals surface area contributed by atoms with Gasteiger partial charge in [-0.1, -0.05) is 24.3 Å². The summed E-state index contributed by atoms with van der Waals surface area (Å²) in [6, 6.07) is 15.8. The van der Waals surface area contributed by atoms with Crippen LogP contribution in [0.25, 0.3) is 0 Å². The highest BCUT2D eigenvalue weighted by Crippen LogP contribution is 2.14. The minimum atomic E-state index is 0.314. The molecule has 0 aliphatic carbocycles. The molecule has 0 amide bonds. The molecule has 0 spiro atoms. The highest BCUT2D eigenvalue weighted by atomic mass is 16.3. The Morgan fingerprint density at radius 1 is 0.947 bits per heavy atom. The van der Waals surface area contributed by atoms with Crippen molar-refractivity contribution in [2.24, 2.45) is 0 Å². The van der Waals surface area contributed by atoms with Crippen LogP contribution in [0.5, 0.6) is 5.75 Å². The molecule has 3 nitrogen and oxygen atoms in total. The normalized spacial score (nSPS) is 10.4. The molecule has 0 radical (unpaired) electrons. The van der Waals surface area contributed by atoms with Crippen molar-refractivity contribution >= 4 is 5.69 Å². The Balaban J connectivity index is 1.90. The average Bonchev–Trinajstić information content (AvgIpc) is 2.39. The van der Waals surface area contributed by atoms with Crippen LogP contribution in [0, 0.1) is 0 Å². The van der Waals surface area contributed by atoms with E-state index in [1.165, 1.54) is 11.3 Å². The number of aromatic hydroxyl groups is 1. The molecule has 0 unspecified atom stereocenters. The summed E-state index contributed by atoms with van der Waals surface area (Å²) in [6.07, 6.45) is 0. The molecular formula is C16H20N2O. The number of phenols is 1. The molecule has 0 bridgehead atoms. The van der Waals surface area contributed by atoms with Crippen LogP contribution in [0.1, 0.15) is 11.1 Å². The monoisotopic (exact) mass is 256 g/mol. The van der Waals surface area contributed by atoms with Crippen LogP contribution >= 0.6 is 0 Å². The van der Waals surface area contributed by atoms with Crippen molar-refractivity contribution in [2.75, 3.05) is 19.0 Å². The third-order valence-electron chi connectivity index (χ3n) is 3.00. The predicted molar refractivity (Wildman–Crippen MR) is 79.4 cm³/mol. The maximum Gasteiger partial charge on any atom is 0.115 e. The Morgan fingerprint density at radius 3 is 2.21 bits per heavy atom. The first-order chi connectivity index (χ1) is 9.15. The van der Waals surface area contributed by atoms with Gasteiger partial charge in [-0.25, -0.2) is 0 Å². The van der Waals surface area contributed by atoms with E-state index in [1.54, 1.807) is 12.1 Å². The standard InChI is InChI=1S/C16H20N2O/c1-18(2)15-7-3-5-13(9-15)11-17-12-14-6-4-8-16(19)10-14/h3-10,17,19H,11-12H2,1-2H3. The lowest BCUT2D eigenvalue weighted by Gasteiger charge is -2.14. The highest BCUT2D eigenvalue weighted by molar-refractivity contribution is 5.47. The molecule has 0 heterocycles. The zero-order valence-corrected chi connectivity index (χ0v) is 11.4. The van der Waals surface area contributed by atoms with Crippen LogP contribution in [0.4, 0.5) is 5.69 Å². The van der Waals surface area contributed by atoms with Crippen molar-refractivity contribution in [3.05, 3.63) is 59.7 Å². The van der Waals surface area contributed by atoms with Crippen molar-refractivity contribution in [1.29, 1.82) is 0 Å². The molecule has 19 heavy (non-hydrogen) atoms. The molecular weight excluding hydrogens is 236 g/mol. The molecule has 0 atom stereocenters. The third-order valence-corrected chi connectivity index (χ3v) is 3.00. The summed E-state index contributed by atoms with van der Waals surface area (Å²) in [7, 11) is 4.08. The summed E-state index contributed by atoms with van der Waals surface area (Å²) in [5.41, 5.74) is 3.55. The number of phenolic OH excluding ortho intramolecular Hbond substituents is 1. The Labute approximate surface area is 114 Å². The Bertz CT molecular complexity index is 538. The Morgan fingerprint density at radius 2 is 1.58 bits per heavy atom. The number of benzene rings is 2. The van der Waals surface area contributed by atoms with Crippen LogP contribution in [-0.2, 0) is 13.1 Å². The van der Waals surface area contributed by atoms with Gasteiger partial charge in [0.2, 0.25) is 0 Å². The number of hydrogen-bond donors (Lipinski definition) is 2. The smallest absolute Gasteiger partial charge is 0.115 e. The van der Waals surface area contributed by atoms with E-state index in [2.05, 4.69) is 34.5 Å². The fourth-order valence-corrected chi connectivity index (χ4v) is 1.96. The zero-order chi connectivity index (χ0) is 13.7. The third kappa shape index (κ3) is 4.00. The van der Waals surface area contributed by atoms with Crippen LogP contribution in [0.2, 0.25) is 0 Å². The maximum atomic E-state index is 9.39. The average molecular weight is 256 g/mol. The molecule has 0 aliphatic rings. The van der Waals surface area contributed by atoms with Gasteiger partial charge < -0.3 is 15.3 Å². The van der Waals surface area contributed by atoms with Crippen molar-refractivity contribution in [2.45, 2.75) is 13.1 Å². The van der Waals surface area contributed by atoms with Gasteiger partial charge in [-0.15, -0.1) is 0 Å². The second kappa shape index (κ2) is 6.25. The van der Waals surface area contributed by atoms with Gasteiger partial charge in [-0.2, -0.15) is 0 Å². The van der Waals surface area contributed by atoms with Crippen molar-refractivity contribution in [3.63, 3.8) is 0 Å². The minimum Gasteiger partial charge on any atom is -0.508 e. The Kier molecular flexibility index (Phi) is 4.42. The van der Waals surface area contributed by atoms with E-state index in [-0.39, 0.29) is 0 Å². The first kappa shape index (κ1) is 13.4. The number of anilines is 1. The van der Waals surface area contributed by atoms with Crippen molar-refractivity contribution in [1.82, 2.24) is 5.32 Å². The molecule has 3 heteroatoms. The second-order valence-corrected chi connectivity index (χ2v) is 4.84. The summed E-state index contributed by atoms with van der Waals surface area (Å²) in [5.74, 6) is 0.314. The maximum absolute atomic E-state index is 9.39. The quantitative estimate of drug-likeness (QED) is 0.863. The van der Waals surface area contributed by atoms with Crippen LogP contribution in [0.15, 0.2) is 48.5 Å². The largest absolute Gasteiger partial charge is 0.508 e. The summed E-state index contributed by atoms with van der Waals surface area (Å²) >= 11 is 0. The summed E-state index contributed by atoms with van der Waals surface area (Å²) in [4.78, 5) is 2.10. The van der Waals surface area contributed by atoms with Gasteiger partial charge in [-0.05, 0) is 35.4 Å².